The fraction of sp³-hybridized carbons (Fsp3) is 0.562. The van der Waals surface area contributed by atoms with Crippen molar-refractivity contribution in [3.63, 3.8) is 0 Å². The first kappa shape index (κ1) is 15.6. The molecule has 5 nitrogen and oxygen atoms in total. The molecule has 0 saturated heterocycles. The lowest BCUT2D eigenvalue weighted by Crippen LogP contribution is -2.46. The maximum absolute atomic E-state index is 12.4. The van der Waals surface area contributed by atoms with Crippen LogP contribution in [0.15, 0.2) is 35.2 Å². The zero-order chi connectivity index (χ0) is 15.6. The van der Waals surface area contributed by atoms with Crippen LogP contribution in [0.5, 0.6) is 0 Å². The van der Waals surface area contributed by atoms with Gasteiger partial charge >= 0.3 is 6.09 Å². The number of nitrogens with two attached hydrogens (primary N) is 1. The second-order valence-electron chi connectivity index (χ2n) is 6.42. The molecule has 21 heavy (non-hydrogen) atoms. The van der Waals surface area contributed by atoms with E-state index in [0.717, 1.165) is 25.1 Å². The van der Waals surface area contributed by atoms with Crippen molar-refractivity contribution >= 4 is 6.09 Å². The highest BCUT2D eigenvalue weighted by molar-refractivity contribution is 5.72. The minimum Gasteiger partial charge on any atom is -0.443 e. The number of allylic oxidation sites excluding steroid dienone is 2. The zero-order valence-electron chi connectivity index (χ0n) is 13.3. The highest BCUT2D eigenvalue weighted by Crippen LogP contribution is 2.29. The van der Waals surface area contributed by atoms with Gasteiger partial charge in [0, 0.05) is 6.54 Å². The number of hydrogen-bond donors (Lipinski definition) is 2. The summed E-state index contributed by atoms with van der Waals surface area (Å²) in [6.07, 6.45) is 6.53. The topological polar surface area (TPSA) is 67.6 Å². The van der Waals surface area contributed by atoms with Gasteiger partial charge in [-0.15, -0.1) is 0 Å². The van der Waals surface area contributed by atoms with E-state index in [1.165, 1.54) is 10.5 Å². The molecule has 1 unspecified atom stereocenters. The molecule has 3 N–H and O–H groups in total. The third kappa shape index (κ3) is 3.67. The second-order valence-corrected chi connectivity index (χ2v) is 6.42. The van der Waals surface area contributed by atoms with E-state index in [2.05, 4.69) is 11.4 Å². The van der Waals surface area contributed by atoms with Crippen molar-refractivity contribution in [2.75, 3.05) is 13.1 Å². The maximum atomic E-state index is 12.4. The van der Waals surface area contributed by atoms with Crippen LogP contribution in [-0.4, -0.2) is 35.7 Å². The first-order valence-corrected chi connectivity index (χ1v) is 7.39. The van der Waals surface area contributed by atoms with Gasteiger partial charge in [0.25, 0.3) is 0 Å². The Bertz CT molecular complexity index is 512. The fourth-order valence-electron chi connectivity index (χ4n) is 2.59. The van der Waals surface area contributed by atoms with E-state index in [1.807, 2.05) is 33.8 Å². The fourth-order valence-corrected chi connectivity index (χ4v) is 2.59. The number of amides is 1. The van der Waals surface area contributed by atoms with Gasteiger partial charge in [-0.1, -0.05) is 12.2 Å². The first-order chi connectivity index (χ1) is 9.79. The predicted molar refractivity (Wildman–Crippen MR) is 83.5 cm³/mol. The summed E-state index contributed by atoms with van der Waals surface area (Å²) < 4.78 is 5.46. The summed E-state index contributed by atoms with van der Waals surface area (Å²) in [7, 11) is 0. The summed E-state index contributed by atoms with van der Waals surface area (Å²) in [4.78, 5) is 13.9. The Kier molecular flexibility index (Phi) is 4.42. The van der Waals surface area contributed by atoms with Gasteiger partial charge in [0.15, 0.2) is 0 Å². The van der Waals surface area contributed by atoms with Crippen LogP contribution in [0.1, 0.15) is 34.1 Å². The van der Waals surface area contributed by atoms with Crippen LogP contribution in [0.2, 0.25) is 0 Å². The first-order valence-electron chi connectivity index (χ1n) is 7.39. The smallest absolute Gasteiger partial charge is 0.416 e. The molecular formula is C16H25N3O2. The Hall–Kier alpha value is -1.75. The molecule has 1 amide bonds. The molecule has 1 atom stereocenters. The van der Waals surface area contributed by atoms with Crippen molar-refractivity contribution in [3.05, 3.63) is 35.2 Å². The predicted octanol–water partition coefficient (Wildman–Crippen LogP) is 2.27. The lowest BCUT2D eigenvalue weighted by atomic mass is 9.92. The van der Waals surface area contributed by atoms with Gasteiger partial charge in [0.1, 0.15) is 11.4 Å². The van der Waals surface area contributed by atoms with Crippen LogP contribution in [0.3, 0.4) is 0 Å². The molecule has 2 rings (SSSR count). The molecule has 2 aliphatic rings. The Morgan fingerprint density at radius 3 is 2.71 bits per heavy atom. The standard InChI is InChI=1S/C16H25N3O2/c1-11-13(12-7-9-18-10-8-12)5-6-14(17)19(11)15(20)21-16(2,3)4/h5-7,11,18H,8-10,17H2,1-4H3. The molecule has 0 spiro atoms. The number of ether oxygens (including phenoxy) is 1. The summed E-state index contributed by atoms with van der Waals surface area (Å²) in [6, 6.07) is -0.116. The van der Waals surface area contributed by atoms with Gasteiger partial charge in [0.2, 0.25) is 0 Å². The molecule has 0 bridgehead atoms. The number of carbonyl (C=O) groups excluding carboxylic acids is 1. The van der Waals surface area contributed by atoms with E-state index in [9.17, 15) is 4.79 Å². The van der Waals surface area contributed by atoms with E-state index >= 15 is 0 Å². The van der Waals surface area contributed by atoms with Crippen LogP contribution in [0.25, 0.3) is 0 Å². The van der Waals surface area contributed by atoms with E-state index in [1.54, 1.807) is 6.08 Å². The maximum Gasteiger partial charge on any atom is 0.416 e. The Morgan fingerprint density at radius 1 is 1.43 bits per heavy atom. The zero-order valence-corrected chi connectivity index (χ0v) is 13.3. The van der Waals surface area contributed by atoms with Gasteiger partial charge < -0.3 is 15.8 Å². The van der Waals surface area contributed by atoms with E-state index in [4.69, 9.17) is 10.5 Å². The average Bonchev–Trinajstić information content (AvgIpc) is 2.37. The Morgan fingerprint density at radius 2 is 2.14 bits per heavy atom. The van der Waals surface area contributed by atoms with Crippen LogP contribution >= 0.6 is 0 Å². The van der Waals surface area contributed by atoms with Crippen molar-refractivity contribution in [1.29, 1.82) is 0 Å². The molecule has 0 aromatic carbocycles. The number of rotatable bonds is 1. The molecule has 0 aliphatic carbocycles. The van der Waals surface area contributed by atoms with Crippen LogP contribution in [-0.2, 0) is 4.74 Å². The number of hydrogen-bond acceptors (Lipinski definition) is 4. The second kappa shape index (κ2) is 5.93. The largest absolute Gasteiger partial charge is 0.443 e. The van der Waals surface area contributed by atoms with E-state index < -0.39 is 11.7 Å². The summed E-state index contributed by atoms with van der Waals surface area (Å²) in [5.74, 6) is 0.426. The molecule has 2 aliphatic heterocycles. The SMILES string of the molecule is CC1C(C2=CCNCC2)=CC=C(N)N1C(=O)OC(C)(C)C. The lowest BCUT2D eigenvalue weighted by molar-refractivity contribution is 0.0271. The highest BCUT2D eigenvalue weighted by atomic mass is 16.6. The van der Waals surface area contributed by atoms with Crippen molar-refractivity contribution in [2.45, 2.75) is 45.8 Å². The molecule has 5 heteroatoms. The van der Waals surface area contributed by atoms with Gasteiger partial charge in [-0.3, -0.25) is 4.90 Å². The van der Waals surface area contributed by atoms with E-state index in [-0.39, 0.29) is 6.04 Å². The molecule has 2 heterocycles. The molecule has 0 aromatic heterocycles. The summed E-state index contributed by atoms with van der Waals surface area (Å²) >= 11 is 0. The minimum atomic E-state index is -0.535. The molecule has 0 saturated carbocycles. The van der Waals surface area contributed by atoms with E-state index in [0.29, 0.717) is 5.82 Å². The molecule has 0 fully saturated rings. The van der Waals surface area contributed by atoms with Crippen LogP contribution in [0, 0.1) is 0 Å². The average molecular weight is 291 g/mol. The molecule has 116 valence electrons. The van der Waals surface area contributed by atoms with Gasteiger partial charge in [-0.05, 0) is 57.9 Å². The van der Waals surface area contributed by atoms with Crippen molar-refractivity contribution in [3.8, 4) is 0 Å². The van der Waals surface area contributed by atoms with Gasteiger partial charge in [-0.25, -0.2) is 4.79 Å². The molecular weight excluding hydrogens is 266 g/mol. The number of nitrogens with zero attached hydrogens (tertiary/aromatic N) is 1. The lowest BCUT2D eigenvalue weighted by Gasteiger charge is -2.36. The number of nitrogens with one attached hydrogen (secondary N) is 1. The highest BCUT2D eigenvalue weighted by Gasteiger charge is 2.32. The minimum absolute atomic E-state index is 0.116. The monoisotopic (exact) mass is 291 g/mol. The van der Waals surface area contributed by atoms with Crippen molar-refractivity contribution < 1.29 is 9.53 Å². The van der Waals surface area contributed by atoms with Crippen LogP contribution < -0.4 is 11.1 Å². The van der Waals surface area contributed by atoms with Crippen LogP contribution in [0.4, 0.5) is 4.79 Å². The van der Waals surface area contributed by atoms with Gasteiger partial charge in [0.05, 0.1) is 6.04 Å². The number of carbonyl (C=O) groups is 1. The Balaban J connectivity index is 2.21. The molecule has 0 radical (unpaired) electrons. The Labute approximate surface area is 126 Å². The summed E-state index contributed by atoms with van der Waals surface area (Å²) in [5, 5.41) is 3.29. The summed E-state index contributed by atoms with van der Waals surface area (Å²) in [6.45, 7) is 9.37. The van der Waals surface area contributed by atoms with Crippen molar-refractivity contribution in [2.24, 2.45) is 5.73 Å². The quantitative estimate of drug-likeness (QED) is 0.777. The molecule has 0 aromatic rings. The van der Waals surface area contributed by atoms with Crippen molar-refractivity contribution in [1.82, 2.24) is 10.2 Å². The summed E-state index contributed by atoms with van der Waals surface area (Å²) in [5.41, 5.74) is 7.87. The third-order valence-corrected chi connectivity index (χ3v) is 3.57. The normalized spacial score (nSPS) is 23.1. The third-order valence-electron chi connectivity index (χ3n) is 3.57. The van der Waals surface area contributed by atoms with Gasteiger partial charge in [-0.2, -0.15) is 0 Å².